The summed E-state index contributed by atoms with van der Waals surface area (Å²) in [5.41, 5.74) is 2.61. The Labute approximate surface area is 86.5 Å². The molecule has 1 aromatic carbocycles. The van der Waals surface area contributed by atoms with Crippen molar-refractivity contribution in [3.8, 4) is 0 Å². The molecule has 0 bridgehead atoms. The van der Waals surface area contributed by atoms with Gasteiger partial charge in [-0.15, -0.1) is 17.8 Å². The summed E-state index contributed by atoms with van der Waals surface area (Å²) < 4.78 is 0. The van der Waals surface area contributed by atoms with Crippen molar-refractivity contribution in [1.82, 2.24) is 0 Å². The van der Waals surface area contributed by atoms with Gasteiger partial charge in [0.05, 0.1) is 4.90 Å². The monoisotopic (exact) mass is 202 g/mol. The van der Waals surface area contributed by atoms with Crippen molar-refractivity contribution in [3.05, 3.63) is 47.9 Å². The lowest BCUT2D eigenvalue weighted by Crippen LogP contribution is -2.09. The van der Waals surface area contributed by atoms with Gasteiger partial charge in [-0.2, -0.15) is 0 Å². The van der Waals surface area contributed by atoms with E-state index in [0.717, 1.165) is 14.0 Å². The lowest BCUT2D eigenvalue weighted by atomic mass is 9.97. The molecule has 0 radical (unpaired) electrons. The van der Waals surface area contributed by atoms with E-state index in [4.69, 9.17) is 0 Å². The van der Waals surface area contributed by atoms with Crippen LogP contribution in [0.25, 0.3) is 0 Å². The SMILES string of the molecule is C[Si-]=C1C=C[CH+]c2cccc(S)c21. The van der Waals surface area contributed by atoms with E-state index in [0.29, 0.717) is 0 Å². The molecule has 0 aliphatic heterocycles. The molecule has 0 heterocycles. The Morgan fingerprint density at radius 3 is 3.00 bits per heavy atom. The number of rotatable bonds is 0. The van der Waals surface area contributed by atoms with Crippen LogP contribution in [0, 0.1) is 6.42 Å². The maximum atomic E-state index is 4.48. The summed E-state index contributed by atoms with van der Waals surface area (Å²) in [5, 5.41) is 1.41. The molecule has 0 saturated heterocycles. The van der Waals surface area contributed by atoms with Crippen molar-refractivity contribution in [1.29, 1.82) is 0 Å². The topological polar surface area (TPSA) is 0 Å². The van der Waals surface area contributed by atoms with Gasteiger partial charge in [0.1, 0.15) is 5.56 Å². The smallest absolute Gasteiger partial charge is 0.102 e. The number of thiol groups is 1. The summed E-state index contributed by atoms with van der Waals surface area (Å²) in [4.78, 5) is 1.09. The van der Waals surface area contributed by atoms with Crippen molar-refractivity contribution in [2.45, 2.75) is 11.4 Å². The maximum absolute atomic E-state index is 4.48. The zero-order valence-electron chi connectivity index (χ0n) is 7.41. The van der Waals surface area contributed by atoms with Crippen molar-refractivity contribution < 1.29 is 0 Å². The molecule has 0 fully saturated rings. The molecule has 2 rings (SSSR count). The van der Waals surface area contributed by atoms with Crippen LogP contribution in [0.2, 0.25) is 6.55 Å². The second-order valence-electron chi connectivity index (χ2n) is 2.93. The van der Waals surface area contributed by atoms with Crippen LogP contribution < -0.4 is 0 Å². The van der Waals surface area contributed by atoms with E-state index in [2.05, 4.69) is 49.9 Å². The van der Waals surface area contributed by atoms with Crippen LogP contribution in [0.5, 0.6) is 0 Å². The molecule has 13 heavy (non-hydrogen) atoms. The molecule has 0 amide bonds. The summed E-state index contributed by atoms with van der Waals surface area (Å²) in [7, 11) is 0.831. The number of benzene rings is 1. The van der Waals surface area contributed by atoms with E-state index < -0.39 is 0 Å². The zero-order chi connectivity index (χ0) is 9.26. The maximum Gasteiger partial charge on any atom is 0.102 e. The fourth-order valence-electron chi connectivity index (χ4n) is 1.53. The van der Waals surface area contributed by atoms with Crippen molar-refractivity contribution in [3.63, 3.8) is 0 Å². The molecule has 1 aromatic rings. The van der Waals surface area contributed by atoms with Crippen molar-refractivity contribution in [2.75, 3.05) is 0 Å². The predicted octanol–water partition coefficient (Wildman–Crippen LogP) is 2.37. The number of hydrogen-bond acceptors (Lipinski definition) is 1. The highest BCUT2D eigenvalue weighted by molar-refractivity contribution is 7.80. The summed E-state index contributed by atoms with van der Waals surface area (Å²) in [6.45, 7) is 2.20. The van der Waals surface area contributed by atoms with Crippen LogP contribution in [-0.4, -0.2) is 14.3 Å². The van der Waals surface area contributed by atoms with Crippen molar-refractivity contribution in [2.24, 2.45) is 0 Å². The van der Waals surface area contributed by atoms with Gasteiger partial charge in [0, 0.05) is 24.1 Å². The number of fused-ring (bicyclic) bond motifs is 1. The summed E-state index contributed by atoms with van der Waals surface area (Å²) >= 11 is 4.48. The van der Waals surface area contributed by atoms with E-state index in [-0.39, 0.29) is 0 Å². The van der Waals surface area contributed by atoms with Gasteiger partial charge in [0.2, 0.25) is 0 Å². The summed E-state index contributed by atoms with van der Waals surface area (Å²) in [5.74, 6) is 0. The highest BCUT2D eigenvalue weighted by Gasteiger charge is 2.14. The highest BCUT2D eigenvalue weighted by atomic mass is 32.1. The Bertz CT molecular complexity index is 391. The fraction of sp³-hybridized carbons (Fsp3) is 0.0909. The van der Waals surface area contributed by atoms with E-state index in [9.17, 15) is 0 Å². The van der Waals surface area contributed by atoms with Gasteiger partial charge < -0.3 is 9.13 Å². The molecule has 0 atom stereocenters. The van der Waals surface area contributed by atoms with E-state index in [1.54, 1.807) is 0 Å². The van der Waals surface area contributed by atoms with Gasteiger partial charge in [0.15, 0.2) is 0 Å². The minimum Gasteiger partial charge on any atom is -0.411 e. The largest absolute Gasteiger partial charge is 0.411 e. The van der Waals surface area contributed by atoms with E-state index in [1.165, 1.54) is 16.3 Å². The average molecular weight is 202 g/mol. The lowest BCUT2D eigenvalue weighted by molar-refractivity contribution is 1.36. The number of allylic oxidation sites excluding steroid dienone is 2. The van der Waals surface area contributed by atoms with Crippen LogP contribution in [0.1, 0.15) is 11.1 Å². The molecule has 0 nitrogen and oxygen atoms in total. The van der Waals surface area contributed by atoms with Crippen LogP contribution in [-0.2, 0) is 0 Å². The molecule has 0 unspecified atom stereocenters. The van der Waals surface area contributed by atoms with Gasteiger partial charge in [0.25, 0.3) is 0 Å². The Morgan fingerprint density at radius 2 is 2.23 bits per heavy atom. The third kappa shape index (κ3) is 1.52. The molecule has 0 saturated carbocycles. The van der Waals surface area contributed by atoms with Gasteiger partial charge in [-0.25, -0.2) is 6.55 Å². The lowest BCUT2D eigenvalue weighted by Gasteiger charge is -2.14. The second-order valence-corrected chi connectivity index (χ2v) is 4.45. The molecule has 1 aliphatic rings. The molecule has 1 aliphatic carbocycles. The second kappa shape index (κ2) is 3.56. The van der Waals surface area contributed by atoms with Gasteiger partial charge in [-0.1, -0.05) is 0 Å². The molecule has 0 N–H and O–H groups in total. The zero-order valence-corrected chi connectivity index (χ0v) is 9.31. The molecule has 0 spiro atoms. The Morgan fingerprint density at radius 1 is 1.38 bits per heavy atom. The van der Waals surface area contributed by atoms with Crippen LogP contribution >= 0.6 is 12.6 Å². The van der Waals surface area contributed by atoms with Gasteiger partial charge >= 0.3 is 0 Å². The fourth-order valence-corrected chi connectivity index (χ4v) is 2.76. The van der Waals surface area contributed by atoms with Gasteiger partial charge in [-0.3, -0.25) is 0 Å². The van der Waals surface area contributed by atoms with Crippen LogP contribution in [0.3, 0.4) is 0 Å². The first-order chi connectivity index (χ1) is 6.33. The summed E-state index contributed by atoms with van der Waals surface area (Å²) in [6.07, 6.45) is 6.43. The Balaban J connectivity index is 2.66. The van der Waals surface area contributed by atoms with Crippen LogP contribution in [0.4, 0.5) is 0 Å². The third-order valence-corrected chi connectivity index (χ3v) is 3.48. The molecule has 2 heteroatoms. The Kier molecular flexibility index (Phi) is 2.42. The third-order valence-electron chi connectivity index (χ3n) is 2.15. The normalized spacial score (nSPS) is 16.9. The molecular weight excluding hydrogens is 192 g/mol. The summed E-state index contributed by atoms with van der Waals surface area (Å²) in [6, 6.07) is 6.24. The van der Waals surface area contributed by atoms with E-state index >= 15 is 0 Å². The first kappa shape index (κ1) is 8.85. The first-order valence-electron chi connectivity index (χ1n) is 4.21. The van der Waals surface area contributed by atoms with Crippen molar-refractivity contribution >= 4 is 26.9 Å². The first-order valence-corrected chi connectivity index (χ1v) is 6.16. The molecular formula is C11H10SSi. The minimum atomic E-state index is 0.831. The Hall–Kier alpha value is -0.733. The van der Waals surface area contributed by atoms with Crippen LogP contribution in [0.15, 0.2) is 35.2 Å². The average Bonchev–Trinajstić information content (AvgIpc) is 2.17. The highest BCUT2D eigenvalue weighted by Crippen LogP contribution is 2.23. The standard InChI is InChI=1S/C11H10SSi/c1-13-10-7-3-5-8-4-2-6-9(12)11(8)10/h2-7,12H,1H3. The quantitative estimate of drug-likeness (QED) is 0.373. The van der Waals surface area contributed by atoms with Gasteiger partial charge in [-0.05, 0) is 18.2 Å². The predicted molar refractivity (Wildman–Crippen MR) is 62.0 cm³/mol. The number of hydrogen-bond donors (Lipinski definition) is 1. The molecule has 64 valence electrons. The minimum absolute atomic E-state index is 0.831. The van der Waals surface area contributed by atoms with E-state index in [1.807, 2.05) is 6.07 Å². The molecule has 0 aromatic heterocycles.